The SMILES string of the molecule is CC(=O)[C@H]1CC1(C)C. The van der Waals surface area contributed by atoms with Crippen LogP contribution in [0.15, 0.2) is 0 Å². The molecule has 0 radical (unpaired) electrons. The summed E-state index contributed by atoms with van der Waals surface area (Å²) < 4.78 is 0. The van der Waals surface area contributed by atoms with Crippen LogP contribution in [-0.4, -0.2) is 5.78 Å². The summed E-state index contributed by atoms with van der Waals surface area (Å²) in [6, 6.07) is 0. The van der Waals surface area contributed by atoms with E-state index in [4.69, 9.17) is 0 Å². The maximum atomic E-state index is 10.6. The molecule has 0 saturated heterocycles. The molecule has 0 spiro atoms. The second kappa shape index (κ2) is 1.34. The number of carbonyl (C=O) groups is 1. The lowest BCUT2D eigenvalue weighted by atomic mass is 10.1. The summed E-state index contributed by atoms with van der Waals surface area (Å²) in [5.74, 6) is 0.734. The van der Waals surface area contributed by atoms with Crippen LogP contribution in [0.3, 0.4) is 0 Å². The molecule has 1 rings (SSSR count). The lowest BCUT2D eigenvalue weighted by Crippen LogP contribution is -1.99. The first kappa shape index (κ1) is 5.80. The molecule has 0 aromatic heterocycles. The first-order chi connectivity index (χ1) is 3.54. The van der Waals surface area contributed by atoms with Crippen LogP contribution in [0.25, 0.3) is 0 Å². The molecule has 0 heterocycles. The molecular formula is C7H12O. The molecule has 1 atom stereocenters. The highest BCUT2D eigenvalue weighted by Crippen LogP contribution is 2.51. The number of carbonyl (C=O) groups excluding carboxylic acids is 1. The third kappa shape index (κ3) is 0.770. The summed E-state index contributed by atoms with van der Waals surface area (Å²) in [5.41, 5.74) is 0.339. The summed E-state index contributed by atoms with van der Waals surface area (Å²) in [4.78, 5) is 10.6. The Labute approximate surface area is 50.1 Å². The van der Waals surface area contributed by atoms with Crippen LogP contribution in [0.1, 0.15) is 27.2 Å². The van der Waals surface area contributed by atoms with E-state index in [1.54, 1.807) is 6.92 Å². The van der Waals surface area contributed by atoms with Crippen molar-refractivity contribution in [3.63, 3.8) is 0 Å². The van der Waals surface area contributed by atoms with Crippen molar-refractivity contribution < 1.29 is 4.79 Å². The highest BCUT2D eigenvalue weighted by atomic mass is 16.1. The van der Waals surface area contributed by atoms with Crippen molar-refractivity contribution in [2.24, 2.45) is 11.3 Å². The van der Waals surface area contributed by atoms with Gasteiger partial charge in [-0.2, -0.15) is 0 Å². The second-order valence-corrected chi connectivity index (χ2v) is 3.36. The number of rotatable bonds is 1. The summed E-state index contributed by atoms with van der Waals surface area (Å²) in [7, 11) is 0. The molecular weight excluding hydrogens is 100 g/mol. The molecule has 1 heteroatoms. The van der Waals surface area contributed by atoms with Gasteiger partial charge in [-0.15, -0.1) is 0 Å². The van der Waals surface area contributed by atoms with Crippen LogP contribution in [-0.2, 0) is 4.79 Å². The van der Waals surface area contributed by atoms with Crippen molar-refractivity contribution in [2.75, 3.05) is 0 Å². The van der Waals surface area contributed by atoms with Gasteiger partial charge < -0.3 is 0 Å². The van der Waals surface area contributed by atoms with Gasteiger partial charge in [0.15, 0.2) is 0 Å². The maximum absolute atomic E-state index is 10.6. The first-order valence-corrected chi connectivity index (χ1v) is 3.04. The summed E-state index contributed by atoms with van der Waals surface area (Å²) >= 11 is 0. The second-order valence-electron chi connectivity index (χ2n) is 3.36. The molecule has 8 heavy (non-hydrogen) atoms. The van der Waals surface area contributed by atoms with E-state index in [-0.39, 0.29) is 0 Å². The molecule has 46 valence electrons. The maximum Gasteiger partial charge on any atom is 0.133 e. The van der Waals surface area contributed by atoms with Crippen LogP contribution in [0.2, 0.25) is 0 Å². The molecule has 0 aliphatic heterocycles. The van der Waals surface area contributed by atoms with Gasteiger partial charge in [-0.1, -0.05) is 13.8 Å². The van der Waals surface area contributed by atoms with E-state index in [2.05, 4.69) is 13.8 Å². The molecule has 0 aromatic rings. The van der Waals surface area contributed by atoms with E-state index in [1.165, 1.54) is 0 Å². The fourth-order valence-corrected chi connectivity index (χ4v) is 1.16. The third-order valence-electron chi connectivity index (χ3n) is 2.00. The molecule has 1 nitrogen and oxygen atoms in total. The average molecular weight is 112 g/mol. The van der Waals surface area contributed by atoms with Crippen molar-refractivity contribution >= 4 is 5.78 Å². The summed E-state index contributed by atoms with van der Waals surface area (Å²) in [5, 5.41) is 0. The number of Topliss-reactive ketones (excluding diaryl/α,β-unsaturated/α-hetero) is 1. The largest absolute Gasteiger partial charge is 0.300 e. The smallest absolute Gasteiger partial charge is 0.133 e. The fourth-order valence-electron chi connectivity index (χ4n) is 1.16. The minimum absolute atomic E-state index is 0.339. The van der Waals surface area contributed by atoms with E-state index in [9.17, 15) is 4.79 Å². The van der Waals surface area contributed by atoms with Gasteiger partial charge in [-0.25, -0.2) is 0 Å². The third-order valence-corrected chi connectivity index (χ3v) is 2.00. The zero-order valence-corrected chi connectivity index (χ0v) is 5.69. The first-order valence-electron chi connectivity index (χ1n) is 3.04. The van der Waals surface area contributed by atoms with Crippen molar-refractivity contribution in [1.82, 2.24) is 0 Å². The zero-order chi connectivity index (χ0) is 6.36. The van der Waals surface area contributed by atoms with E-state index >= 15 is 0 Å². The van der Waals surface area contributed by atoms with E-state index in [1.807, 2.05) is 0 Å². The Kier molecular flexibility index (Phi) is 0.969. The molecule has 0 N–H and O–H groups in total. The summed E-state index contributed by atoms with van der Waals surface area (Å²) in [6.45, 7) is 5.96. The average Bonchev–Trinajstić information content (AvgIpc) is 2.13. The zero-order valence-electron chi connectivity index (χ0n) is 5.69. The van der Waals surface area contributed by atoms with Gasteiger partial charge in [-0.05, 0) is 18.8 Å². The molecule has 1 aliphatic rings. The number of ketones is 1. The van der Waals surface area contributed by atoms with Crippen LogP contribution < -0.4 is 0 Å². The van der Waals surface area contributed by atoms with Gasteiger partial charge in [-0.3, -0.25) is 4.79 Å². The van der Waals surface area contributed by atoms with Crippen LogP contribution >= 0.6 is 0 Å². The molecule has 0 unspecified atom stereocenters. The quantitative estimate of drug-likeness (QED) is 0.503. The Morgan fingerprint density at radius 1 is 1.62 bits per heavy atom. The highest BCUT2D eigenvalue weighted by molar-refractivity contribution is 5.81. The predicted octanol–water partition coefficient (Wildman–Crippen LogP) is 1.62. The molecule has 0 bridgehead atoms. The number of hydrogen-bond donors (Lipinski definition) is 0. The van der Waals surface area contributed by atoms with Crippen LogP contribution in [0, 0.1) is 11.3 Å². The standard InChI is InChI=1S/C7H12O/c1-5(8)6-4-7(6,2)3/h6H,4H2,1-3H3/t6-/m1/s1. The van der Waals surface area contributed by atoms with Crippen molar-refractivity contribution in [2.45, 2.75) is 27.2 Å². The van der Waals surface area contributed by atoms with Crippen LogP contribution in [0.4, 0.5) is 0 Å². The Bertz CT molecular complexity index is 124. The lowest BCUT2D eigenvalue weighted by molar-refractivity contribution is -0.118. The molecule has 0 amide bonds. The van der Waals surface area contributed by atoms with Gasteiger partial charge >= 0.3 is 0 Å². The monoisotopic (exact) mass is 112 g/mol. The van der Waals surface area contributed by atoms with E-state index < -0.39 is 0 Å². The Balaban J connectivity index is 2.48. The molecule has 0 aromatic carbocycles. The molecule has 1 fully saturated rings. The Morgan fingerprint density at radius 2 is 2.00 bits per heavy atom. The van der Waals surface area contributed by atoms with Crippen LogP contribution in [0.5, 0.6) is 0 Å². The van der Waals surface area contributed by atoms with Crippen molar-refractivity contribution in [1.29, 1.82) is 0 Å². The van der Waals surface area contributed by atoms with Gasteiger partial charge in [0, 0.05) is 5.92 Å². The minimum Gasteiger partial charge on any atom is -0.300 e. The van der Waals surface area contributed by atoms with Crippen molar-refractivity contribution in [3.8, 4) is 0 Å². The van der Waals surface area contributed by atoms with Crippen molar-refractivity contribution in [3.05, 3.63) is 0 Å². The van der Waals surface area contributed by atoms with Gasteiger partial charge in [0.25, 0.3) is 0 Å². The number of hydrogen-bond acceptors (Lipinski definition) is 1. The van der Waals surface area contributed by atoms with Gasteiger partial charge in [0.05, 0.1) is 0 Å². The van der Waals surface area contributed by atoms with E-state index in [0.717, 1.165) is 6.42 Å². The highest BCUT2D eigenvalue weighted by Gasteiger charge is 2.48. The normalized spacial score (nSPS) is 32.1. The Morgan fingerprint density at radius 3 is 2.00 bits per heavy atom. The van der Waals surface area contributed by atoms with Gasteiger partial charge in [0.2, 0.25) is 0 Å². The predicted molar refractivity (Wildman–Crippen MR) is 32.6 cm³/mol. The molecule has 1 saturated carbocycles. The van der Waals surface area contributed by atoms with Gasteiger partial charge in [0.1, 0.15) is 5.78 Å². The lowest BCUT2D eigenvalue weighted by Gasteiger charge is -1.95. The van der Waals surface area contributed by atoms with E-state index in [0.29, 0.717) is 17.1 Å². The topological polar surface area (TPSA) is 17.1 Å². The summed E-state index contributed by atoms with van der Waals surface area (Å²) in [6.07, 6.45) is 1.10. The minimum atomic E-state index is 0.339. The fraction of sp³-hybridized carbons (Fsp3) is 0.857. The molecule has 1 aliphatic carbocycles. The Hall–Kier alpha value is -0.330.